The van der Waals surface area contributed by atoms with Gasteiger partial charge in [0.25, 0.3) is 5.69 Å². The van der Waals surface area contributed by atoms with Gasteiger partial charge in [0.15, 0.2) is 17.4 Å². The molecule has 3 rings (SSSR count). The van der Waals surface area contributed by atoms with Crippen molar-refractivity contribution in [2.24, 2.45) is 0 Å². The van der Waals surface area contributed by atoms with Crippen molar-refractivity contribution in [2.45, 2.75) is 6.92 Å². The van der Waals surface area contributed by atoms with Crippen LogP contribution in [0.15, 0.2) is 73.1 Å². The second-order valence-corrected chi connectivity index (χ2v) is 7.02. The van der Waals surface area contributed by atoms with Crippen molar-refractivity contribution in [3.63, 3.8) is 0 Å². The molecule has 1 N–H and O–H groups in total. The van der Waals surface area contributed by atoms with Crippen molar-refractivity contribution in [3.05, 3.63) is 99.3 Å². The van der Waals surface area contributed by atoms with E-state index in [1.54, 1.807) is 72.4 Å². The zero-order chi connectivity index (χ0) is 21.0. The van der Waals surface area contributed by atoms with Crippen molar-refractivity contribution in [1.82, 2.24) is 0 Å². The van der Waals surface area contributed by atoms with E-state index in [1.165, 1.54) is 6.07 Å². The zero-order valence-corrected chi connectivity index (χ0v) is 16.9. The Bertz CT molecular complexity index is 1100. The van der Waals surface area contributed by atoms with Crippen LogP contribution in [0.1, 0.15) is 11.1 Å². The normalized spacial score (nSPS) is 11.5. The van der Waals surface area contributed by atoms with E-state index in [1.807, 2.05) is 6.07 Å². The monoisotopic (exact) mass is 425 g/mol. The first-order valence-corrected chi connectivity index (χ1v) is 9.35. The number of benzene rings is 2. The highest BCUT2D eigenvalue weighted by molar-refractivity contribution is 7.81. The molecule has 0 spiro atoms. The van der Waals surface area contributed by atoms with Crippen LogP contribution in [-0.2, 0) is 0 Å². The summed E-state index contributed by atoms with van der Waals surface area (Å²) in [6.07, 6.45) is 3.37. The number of nitro benzene ring substituents is 1. The zero-order valence-electron chi connectivity index (χ0n) is 15.3. The lowest BCUT2D eigenvalue weighted by molar-refractivity contribution is -0.577. The molecule has 8 heteroatoms. The van der Waals surface area contributed by atoms with Gasteiger partial charge in [0.1, 0.15) is 0 Å². The summed E-state index contributed by atoms with van der Waals surface area (Å²) in [4.78, 5) is 10.9. The second kappa shape index (κ2) is 8.81. The third-order valence-corrected chi connectivity index (χ3v) is 4.72. The SMILES string of the molecule is Cc1ccc(/C([O-])=C(/C(=S)Nc2ccc(Cl)cc2)[n+]2ccccc2)cc1[N+](=O)[O-]. The van der Waals surface area contributed by atoms with Crippen LogP contribution in [-0.4, -0.2) is 9.91 Å². The quantitative estimate of drug-likeness (QED) is 0.167. The van der Waals surface area contributed by atoms with E-state index in [-0.39, 0.29) is 21.9 Å². The third-order valence-electron chi connectivity index (χ3n) is 4.17. The fourth-order valence-electron chi connectivity index (χ4n) is 2.69. The molecular weight excluding hydrogens is 410 g/mol. The summed E-state index contributed by atoms with van der Waals surface area (Å²) in [7, 11) is 0. The van der Waals surface area contributed by atoms with E-state index in [9.17, 15) is 15.2 Å². The predicted molar refractivity (Wildman–Crippen MR) is 115 cm³/mol. The van der Waals surface area contributed by atoms with Crippen LogP contribution in [0.3, 0.4) is 0 Å². The first-order chi connectivity index (χ1) is 13.9. The minimum atomic E-state index is -0.508. The summed E-state index contributed by atoms with van der Waals surface area (Å²) in [6, 6.07) is 16.6. The molecule has 0 bridgehead atoms. The minimum Gasteiger partial charge on any atom is -0.867 e. The molecule has 3 aromatic rings. The number of nitro groups is 1. The van der Waals surface area contributed by atoms with Crippen LogP contribution in [0, 0.1) is 17.0 Å². The molecule has 146 valence electrons. The van der Waals surface area contributed by atoms with Gasteiger partial charge in [-0.1, -0.05) is 42.0 Å². The lowest BCUT2D eigenvalue weighted by atomic mass is 10.1. The smallest absolute Gasteiger partial charge is 0.272 e. The molecule has 0 aliphatic heterocycles. The number of thiocarbonyl (C=S) groups is 1. The maximum absolute atomic E-state index is 13.3. The number of pyridine rings is 1. The number of hydrogen-bond acceptors (Lipinski definition) is 4. The standard InChI is InChI=1S/C21H16ClN3O3S/c1-14-5-6-15(13-18(14)25(27)28)20(26)19(24-11-3-2-4-12-24)21(29)23-17-9-7-16(22)8-10-17/h2-13H,1H3,(H-,23,26,29). The Morgan fingerprint density at radius 2 is 1.76 bits per heavy atom. The highest BCUT2D eigenvalue weighted by Gasteiger charge is 2.20. The number of anilines is 1. The van der Waals surface area contributed by atoms with Gasteiger partial charge < -0.3 is 10.4 Å². The topological polar surface area (TPSA) is 82.1 Å². The van der Waals surface area contributed by atoms with Gasteiger partial charge in [-0.15, -0.1) is 0 Å². The van der Waals surface area contributed by atoms with Gasteiger partial charge in [-0.2, -0.15) is 4.57 Å². The fraction of sp³-hybridized carbons (Fsp3) is 0.0476. The van der Waals surface area contributed by atoms with Gasteiger partial charge >= 0.3 is 0 Å². The molecule has 0 amide bonds. The Labute approximate surface area is 177 Å². The number of nitrogens with one attached hydrogen (secondary N) is 1. The number of aryl methyl sites for hydroxylation is 1. The van der Waals surface area contributed by atoms with E-state index >= 15 is 0 Å². The first-order valence-electron chi connectivity index (χ1n) is 8.57. The van der Waals surface area contributed by atoms with Crippen LogP contribution in [0.25, 0.3) is 11.5 Å². The summed E-state index contributed by atoms with van der Waals surface area (Å²) in [5, 5.41) is 28.2. The molecule has 29 heavy (non-hydrogen) atoms. The van der Waals surface area contributed by atoms with E-state index in [2.05, 4.69) is 5.32 Å². The summed E-state index contributed by atoms with van der Waals surface area (Å²) < 4.78 is 1.58. The molecule has 0 aliphatic rings. The van der Waals surface area contributed by atoms with Crippen LogP contribution >= 0.6 is 23.8 Å². The molecule has 0 atom stereocenters. The van der Waals surface area contributed by atoms with Gasteiger partial charge in [0.05, 0.1) is 4.92 Å². The van der Waals surface area contributed by atoms with Crippen LogP contribution in [0.2, 0.25) is 5.02 Å². The first kappa shape index (κ1) is 20.4. The van der Waals surface area contributed by atoms with Crippen molar-refractivity contribution in [1.29, 1.82) is 0 Å². The van der Waals surface area contributed by atoms with Gasteiger partial charge in [-0.25, -0.2) is 0 Å². The molecule has 0 saturated heterocycles. The van der Waals surface area contributed by atoms with Crippen molar-refractivity contribution in [3.8, 4) is 0 Å². The Balaban J connectivity index is 2.10. The second-order valence-electron chi connectivity index (χ2n) is 6.18. The number of halogens is 1. The van der Waals surface area contributed by atoms with Gasteiger partial charge in [-0.05, 0) is 42.5 Å². The lowest BCUT2D eigenvalue weighted by Crippen LogP contribution is -2.39. The molecular formula is C21H16ClN3O3S. The Morgan fingerprint density at radius 1 is 1.10 bits per heavy atom. The number of rotatable bonds is 5. The van der Waals surface area contributed by atoms with E-state index in [0.717, 1.165) is 0 Å². The van der Waals surface area contributed by atoms with Gasteiger partial charge in [0, 0.05) is 34.5 Å². The summed E-state index contributed by atoms with van der Waals surface area (Å²) >= 11 is 11.4. The van der Waals surface area contributed by atoms with Crippen molar-refractivity contribution >= 4 is 51.6 Å². The van der Waals surface area contributed by atoms with Crippen molar-refractivity contribution in [2.75, 3.05) is 5.32 Å². The number of hydrogen-bond donors (Lipinski definition) is 1. The maximum Gasteiger partial charge on any atom is 0.272 e. The van der Waals surface area contributed by atoms with Crippen LogP contribution in [0.4, 0.5) is 11.4 Å². The molecule has 0 radical (unpaired) electrons. The Kier molecular flexibility index (Phi) is 6.21. The van der Waals surface area contributed by atoms with E-state index < -0.39 is 10.7 Å². The largest absolute Gasteiger partial charge is 0.867 e. The number of nitrogens with zero attached hydrogens (tertiary/aromatic N) is 2. The molecule has 0 saturated carbocycles. The number of aromatic nitrogens is 1. The molecule has 1 aromatic heterocycles. The molecule has 6 nitrogen and oxygen atoms in total. The highest BCUT2D eigenvalue weighted by Crippen LogP contribution is 2.24. The maximum atomic E-state index is 13.3. The summed E-state index contributed by atoms with van der Waals surface area (Å²) in [5.74, 6) is -0.434. The predicted octanol–water partition coefficient (Wildman–Crippen LogP) is 3.97. The van der Waals surface area contributed by atoms with E-state index in [4.69, 9.17) is 23.8 Å². The molecule has 0 unspecified atom stereocenters. The minimum absolute atomic E-state index is 0.121. The Hall–Kier alpha value is -3.29. The van der Waals surface area contributed by atoms with E-state index in [0.29, 0.717) is 16.3 Å². The lowest BCUT2D eigenvalue weighted by Gasteiger charge is -2.17. The van der Waals surface area contributed by atoms with Crippen LogP contribution < -0.4 is 15.0 Å². The third kappa shape index (κ3) is 4.77. The van der Waals surface area contributed by atoms with Gasteiger partial charge in [0.2, 0.25) is 5.70 Å². The average Bonchev–Trinajstić information content (AvgIpc) is 2.70. The summed E-state index contributed by atoms with van der Waals surface area (Å²) in [5.41, 5.74) is 1.37. The molecule has 0 fully saturated rings. The van der Waals surface area contributed by atoms with Gasteiger partial charge in [-0.3, -0.25) is 10.1 Å². The van der Waals surface area contributed by atoms with Crippen LogP contribution in [0.5, 0.6) is 0 Å². The fourth-order valence-corrected chi connectivity index (χ4v) is 3.13. The average molecular weight is 426 g/mol. The molecule has 2 aromatic carbocycles. The molecule has 1 heterocycles. The Morgan fingerprint density at radius 3 is 2.38 bits per heavy atom. The summed E-state index contributed by atoms with van der Waals surface area (Å²) in [6.45, 7) is 1.62. The highest BCUT2D eigenvalue weighted by atomic mass is 35.5. The van der Waals surface area contributed by atoms with Crippen molar-refractivity contribution < 1.29 is 14.6 Å². The molecule has 0 aliphatic carbocycles.